The van der Waals surface area contributed by atoms with Crippen LogP contribution in [-0.4, -0.2) is 43.9 Å². The van der Waals surface area contributed by atoms with Gasteiger partial charge in [-0.05, 0) is 69.5 Å². The molecule has 0 atom stereocenters. The van der Waals surface area contributed by atoms with Crippen LogP contribution >= 0.6 is 0 Å². The van der Waals surface area contributed by atoms with Gasteiger partial charge in [0.2, 0.25) is 0 Å². The van der Waals surface area contributed by atoms with Crippen LogP contribution < -0.4 is 5.32 Å². The van der Waals surface area contributed by atoms with E-state index in [0.717, 1.165) is 53.9 Å². The molecule has 0 unspecified atom stereocenters. The molecule has 1 aromatic carbocycles. The number of hydrogen-bond acceptors (Lipinski definition) is 4. The summed E-state index contributed by atoms with van der Waals surface area (Å²) in [5.74, 6) is 0.638. The van der Waals surface area contributed by atoms with E-state index in [9.17, 15) is 4.79 Å². The lowest BCUT2D eigenvalue weighted by atomic mass is 9.99. The summed E-state index contributed by atoms with van der Waals surface area (Å²) in [5, 5.41) is 14.5. The summed E-state index contributed by atoms with van der Waals surface area (Å²) in [5.41, 5.74) is 6.09. The second-order valence-electron chi connectivity index (χ2n) is 8.45. The predicted octanol–water partition coefficient (Wildman–Crippen LogP) is 3.91. The van der Waals surface area contributed by atoms with Crippen LogP contribution in [-0.2, 0) is 13.6 Å². The number of carbonyl (C=O) groups is 1. The molecule has 1 aliphatic heterocycles. The van der Waals surface area contributed by atoms with Crippen LogP contribution in [0.2, 0.25) is 0 Å². The number of aromatic nitrogens is 4. The summed E-state index contributed by atoms with van der Waals surface area (Å²) < 4.78 is 1.82. The number of amides is 1. The molecule has 0 bridgehead atoms. The first-order valence-corrected chi connectivity index (χ1v) is 10.6. The molecule has 4 rings (SSSR count). The Morgan fingerprint density at radius 3 is 2.53 bits per heavy atom. The molecule has 30 heavy (non-hydrogen) atoms. The van der Waals surface area contributed by atoms with Crippen molar-refractivity contribution in [3.05, 3.63) is 53.0 Å². The number of hydrogen-bond donors (Lipinski definition) is 2. The van der Waals surface area contributed by atoms with Gasteiger partial charge >= 0.3 is 0 Å². The first-order valence-electron chi connectivity index (χ1n) is 10.6. The number of anilines is 1. The SMILES string of the molecule is Cc1nn(C)c(C)c1-c1cc(C(=O)Nc2ccc(CN3CCC(C)CC3)cc2)[nH]n1. The maximum absolute atomic E-state index is 12.7. The van der Waals surface area contributed by atoms with Gasteiger partial charge in [-0.2, -0.15) is 10.2 Å². The van der Waals surface area contributed by atoms with Crippen molar-refractivity contribution >= 4 is 11.6 Å². The Hall–Kier alpha value is -2.93. The Kier molecular flexibility index (Phi) is 5.72. The molecule has 1 saturated heterocycles. The molecule has 0 saturated carbocycles. The van der Waals surface area contributed by atoms with E-state index in [2.05, 4.69) is 44.6 Å². The molecule has 0 aliphatic carbocycles. The van der Waals surface area contributed by atoms with Crippen LogP contribution in [0, 0.1) is 19.8 Å². The Balaban J connectivity index is 1.39. The number of likely N-dealkylation sites (tertiary alicyclic amines) is 1. The van der Waals surface area contributed by atoms with Crippen molar-refractivity contribution in [3.8, 4) is 11.3 Å². The molecule has 1 amide bonds. The van der Waals surface area contributed by atoms with Crippen LogP contribution in [0.15, 0.2) is 30.3 Å². The maximum Gasteiger partial charge on any atom is 0.273 e. The number of aryl methyl sites for hydroxylation is 2. The fraction of sp³-hybridized carbons (Fsp3) is 0.435. The molecule has 1 aliphatic rings. The summed E-state index contributed by atoms with van der Waals surface area (Å²) in [4.78, 5) is 15.2. The molecule has 7 heteroatoms. The number of aromatic amines is 1. The van der Waals surface area contributed by atoms with Crippen LogP contribution in [0.25, 0.3) is 11.3 Å². The van der Waals surface area contributed by atoms with Gasteiger partial charge in [-0.15, -0.1) is 0 Å². The number of piperidine rings is 1. The number of nitrogens with zero attached hydrogens (tertiary/aromatic N) is 4. The third-order valence-electron chi connectivity index (χ3n) is 6.08. The second-order valence-corrected chi connectivity index (χ2v) is 8.45. The molecule has 7 nitrogen and oxygen atoms in total. The summed E-state index contributed by atoms with van der Waals surface area (Å²) >= 11 is 0. The molecule has 3 aromatic rings. The van der Waals surface area contributed by atoms with Gasteiger partial charge in [-0.3, -0.25) is 19.5 Å². The lowest BCUT2D eigenvalue weighted by Gasteiger charge is -2.30. The Morgan fingerprint density at radius 1 is 1.20 bits per heavy atom. The zero-order valence-electron chi connectivity index (χ0n) is 18.2. The highest BCUT2D eigenvalue weighted by Gasteiger charge is 2.18. The van der Waals surface area contributed by atoms with Crippen molar-refractivity contribution < 1.29 is 4.79 Å². The highest BCUT2D eigenvalue weighted by atomic mass is 16.1. The van der Waals surface area contributed by atoms with Crippen LogP contribution in [0.1, 0.15) is 47.2 Å². The standard InChI is InChI=1S/C23H30N6O/c1-15-9-11-29(12-10-15)14-18-5-7-19(8-6-18)24-23(30)21-13-20(25-26-21)22-16(2)27-28(4)17(22)3/h5-8,13,15H,9-12,14H2,1-4H3,(H,24,30)(H,25,26). The highest BCUT2D eigenvalue weighted by Crippen LogP contribution is 2.25. The average molecular weight is 407 g/mol. The van der Waals surface area contributed by atoms with Crippen LogP contribution in [0.3, 0.4) is 0 Å². The Morgan fingerprint density at radius 2 is 1.90 bits per heavy atom. The van der Waals surface area contributed by atoms with Gasteiger partial charge in [0.1, 0.15) is 5.69 Å². The first-order chi connectivity index (χ1) is 14.4. The van der Waals surface area contributed by atoms with Crippen molar-refractivity contribution in [3.63, 3.8) is 0 Å². The lowest BCUT2D eigenvalue weighted by molar-refractivity contribution is 0.102. The summed E-state index contributed by atoms with van der Waals surface area (Å²) in [6.45, 7) is 9.57. The van der Waals surface area contributed by atoms with Gasteiger partial charge in [-0.1, -0.05) is 19.1 Å². The molecule has 0 radical (unpaired) electrons. The molecule has 3 heterocycles. The van der Waals surface area contributed by atoms with Crippen molar-refractivity contribution in [2.45, 2.75) is 40.2 Å². The number of nitrogens with one attached hydrogen (secondary N) is 2. The first kappa shape index (κ1) is 20.3. The highest BCUT2D eigenvalue weighted by molar-refractivity contribution is 6.03. The number of benzene rings is 1. The quantitative estimate of drug-likeness (QED) is 0.673. The van der Waals surface area contributed by atoms with E-state index in [-0.39, 0.29) is 5.91 Å². The minimum absolute atomic E-state index is 0.203. The van der Waals surface area contributed by atoms with E-state index in [1.807, 2.05) is 37.7 Å². The van der Waals surface area contributed by atoms with E-state index < -0.39 is 0 Å². The van der Waals surface area contributed by atoms with E-state index in [4.69, 9.17) is 0 Å². The molecule has 2 N–H and O–H groups in total. The van der Waals surface area contributed by atoms with E-state index in [1.165, 1.54) is 18.4 Å². The van der Waals surface area contributed by atoms with E-state index >= 15 is 0 Å². The smallest absolute Gasteiger partial charge is 0.273 e. The fourth-order valence-electron chi connectivity index (χ4n) is 4.08. The van der Waals surface area contributed by atoms with Crippen LogP contribution in [0.4, 0.5) is 5.69 Å². The topological polar surface area (TPSA) is 78.8 Å². The number of H-pyrrole nitrogens is 1. The van der Waals surface area contributed by atoms with E-state index in [1.54, 1.807) is 6.07 Å². The zero-order chi connectivity index (χ0) is 21.3. The minimum atomic E-state index is -0.203. The third kappa shape index (κ3) is 4.31. The molecule has 2 aromatic heterocycles. The fourth-order valence-corrected chi connectivity index (χ4v) is 4.08. The van der Waals surface area contributed by atoms with Gasteiger partial charge in [-0.25, -0.2) is 0 Å². The second kappa shape index (κ2) is 8.44. The summed E-state index contributed by atoms with van der Waals surface area (Å²) in [7, 11) is 1.90. The molecule has 158 valence electrons. The predicted molar refractivity (Wildman–Crippen MR) is 118 cm³/mol. The van der Waals surface area contributed by atoms with Gasteiger partial charge in [0.05, 0.1) is 11.4 Å². The van der Waals surface area contributed by atoms with Gasteiger partial charge in [0, 0.05) is 30.5 Å². The molecular weight excluding hydrogens is 376 g/mol. The summed E-state index contributed by atoms with van der Waals surface area (Å²) in [6, 6.07) is 9.89. The van der Waals surface area contributed by atoms with Gasteiger partial charge < -0.3 is 5.32 Å². The summed E-state index contributed by atoms with van der Waals surface area (Å²) in [6.07, 6.45) is 2.55. The van der Waals surface area contributed by atoms with E-state index in [0.29, 0.717) is 5.69 Å². The lowest BCUT2D eigenvalue weighted by Crippen LogP contribution is -2.32. The normalized spacial score (nSPS) is 15.5. The molecule has 1 fully saturated rings. The maximum atomic E-state index is 12.7. The van der Waals surface area contributed by atoms with Crippen molar-refractivity contribution in [1.82, 2.24) is 24.9 Å². The monoisotopic (exact) mass is 406 g/mol. The van der Waals surface area contributed by atoms with Gasteiger partial charge in [0.15, 0.2) is 0 Å². The molecular formula is C23H30N6O. The van der Waals surface area contributed by atoms with Gasteiger partial charge in [0.25, 0.3) is 5.91 Å². The molecule has 0 spiro atoms. The Bertz CT molecular complexity index is 1020. The number of carbonyl (C=O) groups excluding carboxylic acids is 1. The largest absolute Gasteiger partial charge is 0.321 e. The minimum Gasteiger partial charge on any atom is -0.321 e. The third-order valence-corrected chi connectivity index (χ3v) is 6.08. The number of rotatable bonds is 5. The zero-order valence-corrected chi connectivity index (χ0v) is 18.2. The Labute approximate surface area is 177 Å². The average Bonchev–Trinajstić information content (AvgIpc) is 3.30. The van der Waals surface area contributed by atoms with Crippen molar-refractivity contribution in [1.29, 1.82) is 0 Å². The van der Waals surface area contributed by atoms with Crippen molar-refractivity contribution in [2.24, 2.45) is 13.0 Å². The van der Waals surface area contributed by atoms with Crippen LogP contribution in [0.5, 0.6) is 0 Å². The van der Waals surface area contributed by atoms with Crippen molar-refractivity contribution in [2.75, 3.05) is 18.4 Å².